The lowest BCUT2D eigenvalue weighted by Crippen LogP contribution is -2.47. The van der Waals surface area contributed by atoms with Crippen LogP contribution < -0.4 is 9.47 Å². The molecule has 0 amide bonds. The molecule has 0 bridgehead atoms. The van der Waals surface area contributed by atoms with Gasteiger partial charge in [0.05, 0.1) is 39.9 Å². The van der Waals surface area contributed by atoms with Crippen molar-refractivity contribution in [3.8, 4) is 22.8 Å². The minimum atomic E-state index is -2.26. The van der Waals surface area contributed by atoms with Crippen LogP contribution in [0.1, 0.15) is 55.7 Å². The first-order valence-corrected chi connectivity index (χ1v) is 21.6. The van der Waals surface area contributed by atoms with Gasteiger partial charge in [0.1, 0.15) is 47.0 Å². The molecule has 1 aliphatic heterocycles. The summed E-state index contributed by atoms with van der Waals surface area (Å²) < 4.78 is 34.6. The summed E-state index contributed by atoms with van der Waals surface area (Å²) in [5, 5.41) is 9.76. The van der Waals surface area contributed by atoms with Gasteiger partial charge in [-0.15, -0.1) is 0 Å². The van der Waals surface area contributed by atoms with Gasteiger partial charge in [-0.25, -0.2) is 15.0 Å². The number of fused-ring (bicyclic) bond motifs is 1. The van der Waals surface area contributed by atoms with Crippen LogP contribution in [0.15, 0.2) is 116 Å². The molecule has 0 spiro atoms. The smallest absolute Gasteiger partial charge is 0.192 e. The Morgan fingerprint density at radius 2 is 1.44 bits per heavy atom. The fraction of sp³-hybridized carbons (Fsp3) is 0.341. The number of hydrogen-bond acceptors (Lipinski definition) is 9. The van der Waals surface area contributed by atoms with Crippen LogP contribution in [0.5, 0.6) is 11.5 Å². The number of hydrogen-bond donors (Lipinski definition) is 1. The lowest BCUT2D eigenvalue weighted by molar-refractivity contribution is -0.0914. The van der Waals surface area contributed by atoms with Crippen molar-refractivity contribution in [2.24, 2.45) is 0 Å². The first-order valence-electron chi connectivity index (χ1n) is 18.7. The Labute approximate surface area is 324 Å². The van der Waals surface area contributed by atoms with E-state index in [-0.39, 0.29) is 24.4 Å². The van der Waals surface area contributed by atoms with Crippen molar-refractivity contribution in [2.75, 3.05) is 20.8 Å². The summed E-state index contributed by atoms with van der Waals surface area (Å²) in [7, 11) is 1.07. The van der Waals surface area contributed by atoms with Crippen LogP contribution in [0.25, 0.3) is 22.4 Å². The zero-order valence-electron chi connectivity index (χ0n) is 32.6. The van der Waals surface area contributed by atoms with E-state index in [1.807, 2.05) is 71.3 Å². The number of imidazole rings is 1. The highest BCUT2D eigenvalue weighted by Crippen LogP contribution is 2.45. The highest BCUT2D eigenvalue weighted by Gasteiger charge is 2.47. The molecule has 55 heavy (non-hydrogen) atoms. The highest BCUT2D eigenvalue weighted by molar-refractivity contribution is 6.74. The molecule has 10 nitrogen and oxygen atoms in total. The average Bonchev–Trinajstić information content (AvgIpc) is 3.82. The molecule has 0 aliphatic carbocycles. The molecular weight excluding hydrogens is 709 g/mol. The van der Waals surface area contributed by atoms with Crippen molar-refractivity contribution in [1.29, 1.82) is 0 Å². The largest absolute Gasteiger partial charge is 0.497 e. The maximum Gasteiger partial charge on any atom is 0.192 e. The van der Waals surface area contributed by atoms with Crippen molar-refractivity contribution >= 4 is 19.5 Å². The Kier molecular flexibility index (Phi) is 10.9. The Bertz CT molecular complexity index is 2160. The minimum Gasteiger partial charge on any atom is -0.497 e. The van der Waals surface area contributed by atoms with Crippen LogP contribution in [0.3, 0.4) is 0 Å². The average molecular weight is 759 g/mol. The Balaban J connectivity index is 1.29. The van der Waals surface area contributed by atoms with Crippen LogP contribution in [0, 0.1) is 0 Å². The molecule has 1 aliphatic rings. The number of rotatable bonds is 13. The summed E-state index contributed by atoms with van der Waals surface area (Å²) in [6, 6.07) is 34.0. The van der Waals surface area contributed by atoms with Gasteiger partial charge in [0.15, 0.2) is 14.0 Å². The van der Waals surface area contributed by atoms with E-state index < -0.39 is 26.3 Å². The maximum atomic E-state index is 9.78. The number of methoxy groups -OCH3 is 2. The van der Waals surface area contributed by atoms with E-state index in [2.05, 4.69) is 80.2 Å². The van der Waals surface area contributed by atoms with Gasteiger partial charge in [-0.1, -0.05) is 93.6 Å². The van der Waals surface area contributed by atoms with Gasteiger partial charge in [0, 0.05) is 12.0 Å². The summed E-state index contributed by atoms with van der Waals surface area (Å²) >= 11 is 0. The maximum absolute atomic E-state index is 9.78. The van der Waals surface area contributed by atoms with Crippen molar-refractivity contribution < 1.29 is 28.5 Å². The molecule has 3 heterocycles. The third kappa shape index (κ3) is 7.55. The Hall–Kier alpha value is -4.91. The number of nitrogens with zero attached hydrogens (tertiary/aromatic N) is 4. The van der Waals surface area contributed by atoms with Gasteiger partial charge in [-0.3, -0.25) is 4.57 Å². The van der Waals surface area contributed by atoms with E-state index in [4.69, 9.17) is 28.4 Å². The van der Waals surface area contributed by atoms with Crippen molar-refractivity contribution in [1.82, 2.24) is 19.5 Å². The monoisotopic (exact) mass is 758 g/mol. The standard InChI is InChI=1S/C44H50N4O6Si/c1-43(2,3)55(6,7)54-37-25-39(48-29-47-41-40(45-28-46-42(41)48)31-13-11-12-30(24-31)26-49)53-38(37)27-52-44(32-14-9-8-10-15-32,33-16-20-35(50-4)21-17-33)34-18-22-36(51-5)23-19-34/h8-24,28-29,37-39,49H,25-27H2,1-7H3/t37-,38+,39+/m0/s1. The van der Waals surface area contributed by atoms with E-state index in [1.54, 1.807) is 26.9 Å². The zero-order valence-corrected chi connectivity index (χ0v) is 33.6. The van der Waals surface area contributed by atoms with E-state index in [0.29, 0.717) is 23.3 Å². The molecular formula is C44H50N4O6Si. The summed E-state index contributed by atoms with van der Waals surface area (Å²) in [6.07, 6.45) is 2.78. The predicted molar refractivity (Wildman–Crippen MR) is 216 cm³/mol. The van der Waals surface area contributed by atoms with Gasteiger partial charge < -0.3 is 28.5 Å². The summed E-state index contributed by atoms with van der Waals surface area (Å²) in [4.78, 5) is 14.1. The molecule has 286 valence electrons. The van der Waals surface area contributed by atoms with Crippen LogP contribution in [0.2, 0.25) is 18.1 Å². The van der Waals surface area contributed by atoms with Crippen molar-refractivity contribution in [3.05, 3.63) is 138 Å². The molecule has 0 radical (unpaired) electrons. The number of benzene rings is 4. The third-order valence-electron chi connectivity index (χ3n) is 11.1. The van der Waals surface area contributed by atoms with Gasteiger partial charge in [-0.05, 0) is 70.7 Å². The second-order valence-corrected chi connectivity index (χ2v) is 20.3. The van der Waals surface area contributed by atoms with E-state index in [9.17, 15) is 5.11 Å². The van der Waals surface area contributed by atoms with Crippen molar-refractivity contribution in [3.63, 3.8) is 0 Å². The van der Waals surface area contributed by atoms with Crippen LogP contribution >= 0.6 is 0 Å². The van der Waals surface area contributed by atoms with E-state index in [1.165, 1.54) is 0 Å². The number of ether oxygens (including phenoxy) is 4. The SMILES string of the molecule is COc1ccc(C(OC[C@H]2O[C@@H](n3cnc4c(-c5cccc(CO)c5)ncnc43)C[C@@H]2O[Si](C)(C)C(C)(C)C)(c2ccccc2)c2ccc(OC)cc2)cc1. The summed E-state index contributed by atoms with van der Waals surface area (Å²) in [6.45, 7) is 11.5. The zero-order chi connectivity index (χ0) is 38.8. The molecule has 1 N–H and O–H groups in total. The van der Waals surface area contributed by atoms with Gasteiger partial charge in [0.2, 0.25) is 0 Å². The van der Waals surface area contributed by atoms with Crippen molar-refractivity contribution in [2.45, 2.75) is 76.0 Å². The second kappa shape index (κ2) is 15.7. The summed E-state index contributed by atoms with van der Waals surface area (Å²) in [5.41, 5.74) is 5.50. The number of aliphatic hydroxyl groups is 1. The second-order valence-electron chi connectivity index (χ2n) is 15.5. The molecule has 7 rings (SSSR count). The molecule has 3 atom stereocenters. The molecule has 1 saturated heterocycles. The Morgan fingerprint density at radius 1 is 0.800 bits per heavy atom. The molecule has 4 aromatic carbocycles. The number of aromatic nitrogens is 4. The van der Waals surface area contributed by atoms with Crippen LogP contribution in [-0.2, 0) is 26.1 Å². The van der Waals surface area contributed by atoms with Crippen LogP contribution in [-0.4, -0.2) is 66.0 Å². The molecule has 0 unspecified atom stereocenters. The van der Waals surface area contributed by atoms with E-state index in [0.717, 1.165) is 39.3 Å². The lowest BCUT2D eigenvalue weighted by Gasteiger charge is -2.40. The summed E-state index contributed by atoms with van der Waals surface area (Å²) in [5.74, 6) is 1.51. The normalized spacial score (nSPS) is 17.8. The molecule has 11 heteroatoms. The highest BCUT2D eigenvalue weighted by atomic mass is 28.4. The van der Waals surface area contributed by atoms with Gasteiger partial charge in [-0.2, -0.15) is 0 Å². The lowest BCUT2D eigenvalue weighted by atomic mass is 9.80. The molecule has 1 fully saturated rings. The molecule has 6 aromatic rings. The molecule has 2 aromatic heterocycles. The minimum absolute atomic E-state index is 0.0244. The fourth-order valence-electron chi connectivity index (χ4n) is 7.07. The van der Waals surface area contributed by atoms with Gasteiger partial charge >= 0.3 is 0 Å². The third-order valence-corrected chi connectivity index (χ3v) is 15.6. The fourth-order valence-corrected chi connectivity index (χ4v) is 8.43. The topological polar surface area (TPSA) is 110 Å². The quantitative estimate of drug-likeness (QED) is 0.0914. The van der Waals surface area contributed by atoms with Gasteiger partial charge in [0.25, 0.3) is 0 Å². The van der Waals surface area contributed by atoms with Crippen LogP contribution in [0.4, 0.5) is 0 Å². The number of aliphatic hydroxyl groups excluding tert-OH is 1. The first-order chi connectivity index (χ1) is 26.5. The van der Waals surface area contributed by atoms with E-state index >= 15 is 0 Å². The predicted octanol–water partition coefficient (Wildman–Crippen LogP) is 8.69. The molecule has 0 saturated carbocycles. The Morgan fingerprint density at radius 3 is 2.04 bits per heavy atom. The first kappa shape index (κ1) is 38.4.